The minimum absolute atomic E-state index is 0.296. The summed E-state index contributed by atoms with van der Waals surface area (Å²) in [6.45, 7) is 2.14. The van der Waals surface area contributed by atoms with Gasteiger partial charge in [-0.2, -0.15) is 11.8 Å². The van der Waals surface area contributed by atoms with E-state index in [0.29, 0.717) is 6.04 Å². The Kier molecular flexibility index (Phi) is 4.13. The highest BCUT2D eigenvalue weighted by atomic mass is 32.2. The van der Waals surface area contributed by atoms with Gasteiger partial charge in [0.2, 0.25) is 0 Å². The van der Waals surface area contributed by atoms with Crippen LogP contribution in [0.25, 0.3) is 0 Å². The van der Waals surface area contributed by atoms with Crippen LogP contribution in [0.4, 0.5) is 5.69 Å². The topological polar surface area (TPSA) is 29.3 Å². The van der Waals surface area contributed by atoms with Gasteiger partial charge in [-0.15, -0.1) is 0 Å². The molecule has 0 aromatic heterocycles. The van der Waals surface area contributed by atoms with Crippen molar-refractivity contribution in [3.8, 4) is 0 Å². The third kappa shape index (κ3) is 2.71. The Hall–Kier alpha value is -0.670. The zero-order valence-corrected chi connectivity index (χ0v) is 10.7. The van der Waals surface area contributed by atoms with Crippen LogP contribution < -0.4 is 10.6 Å². The summed E-state index contributed by atoms with van der Waals surface area (Å²) < 4.78 is 0. The molecule has 1 aliphatic rings. The number of nitrogens with two attached hydrogens (primary N) is 1. The van der Waals surface area contributed by atoms with Crippen molar-refractivity contribution in [3.63, 3.8) is 0 Å². The summed E-state index contributed by atoms with van der Waals surface area (Å²) in [4.78, 5) is 2.44. The Labute approximate surface area is 102 Å². The average Bonchev–Trinajstić information content (AvgIpc) is 2.29. The standard InChI is InChI=1S/C13H20N2S/c1-16-8-4-7-15-10-12(14)9-11-5-2-3-6-13(11)15/h2-3,5-6,12H,4,7-10,14H2,1H3. The highest BCUT2D eigenvalue weighted by Gasteiger charge is 2.20. The number of hydrogen-bond acceptors (Lipinski definition) is 3. The minimum Gasteiger partial charge on any atom is -0.370 e. The molecular formula is C13H20N2S. The van der Waals surface area contributed by atoms with Crippen LogP contribution in [0.3, 0.4) is 0 Å². The largest absolute Gasteiger partial charge is 0.370 e. The molecule has 0 spiro atoms. The van der Waals surface area contributed by atoms with Crippen molar-refractivity contribution in [1.29, 1.82) is 0 Å². The van der Waals surface area contributed by atoms with Crippen molar-refractivity contribution in [3.05, 3.63) is 29.8 Å². The van der Waals surface area contributed by atoms with E-state index in [9.17, 15) is 0 Å². The molecule has 2 nitrogen and oxygen atoms in total. The predicted octanol–water partition coefficient (Wildman–Crippen LogP) is 2.13. The van der Waals surface area contributed by atoms with E-state index in [1.54, 1.807) is 0 Å². The maximum atomic E-state index is 6.10. The van der Waals surface area contributed by atoms with Crippen LogP contribution >= 0.6 is 11.8 Å². The van der Waals surface area contributed by atoms with Crippen LogP contribution in [0.15, 0.2) is 24.3 Å². The second-order valence-electron chi connectivity index (χ2n) is 4.39. The van der Waals surface area contributed by atoms with Gasteiger partial charge in [-0.05, 0) is 36.5 Å². The van der Waals surface area contributed by atoms with Gasteiger partial charge in [0.25, 0.3) is 0 Å². The summed E-state index contributed by atoms with van der Waals surface area (Å²) in [5.74, 6) is 1.23. The SMILES string of the molecule is CSCCCN1CC(N)Cc2ccccc21. The molecule has 0 bridgehead atoms. The van der Waals surface area contributed by atoms with Crippen LogP contribution in [0.1, 0.15) is 12.0 Å². The van der Waals surface area contributed by atoms with E-state index in [1.807, 2.05) is 11.8 Å². The van der Waals surface area contributed by atoms with E-state index < -0.39 is 0 Å². The van der Waals surface area contributed by atoms with Gasteiger partial charge in [-0.25, -0.2) is 0 Å². The molecule has 1 atom stereocenters. The van der Waals surface area contributed by atoms with E-state index in [1.165, 1.54) is 23.4 Å². The zero-order chi connectivity index (χ0) is 11.4. The Balaban J connectivity index is 2.07. The fourth-order valence-electron chi connectivity index (χ4n) is 2.33. The van der Waals surface area contributed by atoms with E-state index >= 15 is 0 Å². The molecule has 3 heteroatoms. The van der Waals surface area contributed by atoms with Crippen LogP contribution in [-0.4, -0.2) is 31.1 Å². The highest BCUT2D eigenvalue weighted by molar-refractivity contribution is 7.98. The molecule has 1 aromatic rings. The van der Waals surface area contributed by atoms with Crippen molar-refractivity contribution in [2.45, 2.75) is 18.9 Å². The smallest absolute Gasteiger partial charge is 0.0399 e. The first kappa shape index (κ1) is 11.8. The second kappa shape index (κ2) is 5.60. The molecule has 1 aliphatic heterocycles. The molecule has 0 fully saturated rings. The number of rotatable bonds is 4. The number of nitrogens with zero attached hydrogens (tertiary/aromatic N) is 1. The maximum Gasteiger partial charge on any atom is 0.0399 e. The molecular weight excluding hydrogens is 216 g/mol. The normalized spacial score (nSPS) is 19.6. The number of thioether (sulfide) groups is 1. The van der Waals surface area contributed by atoms with Gasteiger partial charge in [0, 0.05) is 24.8 Å². The minimum atomic E-state index is 0.296. The summed E-state index contributed by atoms with van der Waals surface area (Å²) in [7, 11) is 0. The van der Waals surface area contributed by atoms with Gasteiger partial charge in [0.05, 0.1) is 0 Å². The number of fused-ring (bicyclic) bond motifs is 1. The Morgan fingerprint density at radius 3 is 3.06 bits per heavy atom. The van der Waals surface area contributed by atoms with Crippen molar-refractivity contribution in [2.75, 3.05) is 30.0 Å². The van der Waals surface area contributed by atoms with Crippen LogP contribution in [0.2, 0.25) is 0 Å². The van der Waals surface area contributed by atoms with E-state index in [0.717, 1.165) is 19.5 Å². The third-order valence-electron chi connectivity index (χ3n) is 3.05. The van der Waals surface area contributed by atoms with E-state index in [-0.39, 0.29) is 0 Å². The fraction of sp³-hybridized carbons (Fsp3) is 0.538. The van der Waals surface area contributed by atoms with Gasteiger partial charge in [0.15, 0.2) is 0 Å². The average molecular weight is 236 g/mol. The predicted molar refractivity (Wildman–Crippen MR) is 73.3 cm³/mol. The molecule has 2 rings (SSSR count). The molecule has 1 aromatic carbocycles. The van der Waals surface area contributed by atoms with Crippen molar-refractivity contribution >= 4 is 17.4 Å². The van der Waals surface area contributed by atoms with Crippen LogP contribution in [0, 0.1) is 0 Å². The van der Waals surface area contributed by atoms with Gasteiger partial charge in [0.1, 0.15) is 0 Å². The number of benzene rings is 1. The number of hydrogen-bond donors (Lipinski definition) is 1. The lowest BCUT2D eigenvalue weighted by molar-refractivity contribution is 0.597. The lowest BCUT2D eigenvalue weighted by atomic mass is 9.98. The molecule has 0 saturated heterocycles. The Bertz CT molecular complexity index is 340. The number of anilines is 1. The summed E-state index contributed by atoms with van der Waals surface area (Å²) in [6, 6.07) is 8.95. The van der Waals surface area contributed by atoms with E-state index in [4.69, 9.17) is 5.73 Å². The first-order valence-corrected chi connectivity index (χ1v) is 7.28. The summed E-state index contributed by atoms with van der Waals surface area (Å²) in [5, 5.41) is 0. The molecule has 88 valence electrons. The molecule has 0 amide bonds. The summed E-state index contributed by atoms with van der Waals surface area (Å²) in [5.41, 5.74) is 8.90. The monoisotopic (exact) mass is 236 g/mol. The zero-order valence-electron chi connectivity index (χ0n) is 9.86. The third-order valence-corrected chi connectivity index (χ3v) is 3.74. The van der Waals surface area contributed by atoms with Gasteiger partial charge in [-0.3, -0.25) is 0 Å². The lowest BCUT2D eigenvalue weighted by Gasteiger charge is -2.34. The Morgan fingerprint density at radius 1 is 1.44 bits per heavy atom. The van der Waals surface area contributed by atoms with Crippen LogP contribution in [-0.2, 0) is 6.42 Å². The first-order chi connectivity index (χ1) is 7.81. The first-order valence-electron chi connectivity index (χ1n) is 5.88. The fourth-order valence-corrected chi connectivity index (χ4v) is 2.75. The quantitative estimate of drug-likeness (QED) is 0.812. The molecule has 1 heterocycles. The summed E-state index contributed by atoms with van der Waals surface area (Å²) >= 11 is 1.91. The van der Waals surface area contributed by atoms with Crippen molar-refractivity contribution < 1.29 is 0 Å². The van der Waals surface area contributed by atoms with Crippen molar-refractivity contribution in [2.24, 2.45) is 5.73 Å². The van der Waals surface area contributed by atoms with E-state index in [2.05, 4.69) is 35.4 Å². The molecule has 0 radical (unpaired) electrons. The summed E-state index contributed by atoms with van der Waals surface area (Å²) in [6.07, 6.45) is 4.42. The Morgan fingerprint density at radius 2 is 2.25 bits per heavy atom. The van der Waals surface area contributed by atoms with Gasteiger partial charge < -0.3 is 10.6 Å². The highest BCUT2D eigenvalue weighted by Crippen LogP contribution is 2.26. The maximum absolute atomic E-state index is 6.10. The molecule has 2 N–H and O–H groups in total. The molecule has 1 unspecified atom stereocenters. The van der Waals surface area contributed by atoms with Gasteiger partial charge >= 0.3 is 0 Å². The second-order valence-corrected chi connectivity index (χ2v) is 5.37. The molecule has 0 saturated carbocycles. The lowest BCUT2D eigenvalue weighted by Crippen LogP contribution is -2.43. The van der Waals surface area contributed by atoms with Gasteiger partial charge in [-0.1, -0.05) is 18.2 Å². The van der Waals surface area contributed by atoms with Crippen LogP contribution in [0.5, 0.6) is 0 Å². The molecule has 0 aliphatic carbocycles. The van der Waals surface area contributed by atoms with Crippen molar-refractivity contribution in [1.82, 2.24) is 0 Å². The molecule has 16 heavy (non-hydrogen) atoms. The number of para-hydroxylation sites is 1.